The minimum absolute atomic E-state index is 0.323. The Hall–Kier alpha value is -2.82. The van der Waals surface area contributed by atoms with Gasteiger partial charge in [0.1, 0.15) is 0 Å². The van der Waals surface area contributed by atoms with E-state index in [1.807, 2.05) is 67.7 Å². The van der Waals surface area contributed by atoms with Gasteiger partial charge >= 0.3 is 7.44 Å². The van der Waals surface area contributed by atoms with Gasteiger partial charge in [0.15, 0.2) is 0 Å². The minimum Gasteiger partial charge on any atom is -0.346 e. The van der Waals surface area contributed by atoms with Crippen LogP contribution in [0, 0.1) is 0 Å². The van der Waals surface area contributed by atoms with Crippen molar-refractivity contribution in [2.45, 2.75) is 19.3 Å². The van der Waals surface area contributed by atoms with E-state index >= 15 is 0 Å². The van der Waals surface area contributed by atoms with Crippen LogP contribution in [0.3, 0.4) is 0 Å². The Labute approximate surface area is 197 Å². The summed E-state index contributed by atoms with van der Waals surface area (Å²) in [7, 11) is -1.32. The lowest BCUT2D eigenvalue weighted by Crippen LogP contribution is -2.26. The zero-order valence-electron chi connectivity index (χ0n) is 18.2. The molecule has 2 aliphatic heterocycles. The molecule has 3 aromatic carbocycles. The number of hydrogen-bond donors (Lipinski definition) is 1. The van der Waals surface area contributed by atoms with Gasteiger partial charge in [-0.05, 0) is 48.0 Å². The third-order valence-corrected chi connectivity index (χ3v) is 9.04. The van der Waals surface area contributed by atoms with Crippen LogP contribution in [0.15, 0.2) is 99.4 Å². The molecule has 0 saturated carbocycles. The van der Waals surface area contributed by atoms with Crippen LogP contribution in [-0.2, 0) is 9.98 Å². The molecule has 1 unspecified atom stereocenters. The first-order valence-electron chi connectivity index (χ1n) is 10.4. The highest BCUT2D eigenvalue weighted by atomic mass is 79.9. The van der Waals surface area contributed by atoms with Crippen molar-refractivity contribution in [1.29, 1.82) is 0 Å². The summed E-state index contributed by atoms with van der Waals surface area (Å²) in [6.45, 7) is 4.36. The third-order valence-electron chi connectivity index (χ3n) is 6.10. The summed E-state index contributed by atoms with van der Waals surface area (Å²) in [6.07, 6.45) is 1.76. The number of halogens is 1. The number of anilines is 3. The summed E-state index contributed by atoms with van der Waals surface area (Å²) in [4.78, 5) is 2.15. The number of benzene rings is 3. The fourth-order valence-corrected chi connectivity index (χ4v) is 7.38. The van der Waals surface area contributed by atoms with Crippen molar-refractivity contribution in [3.63, 3.8) is 0 Å². The van der Waals surface area contributed by atoms with Crippen LogP contribution in [0.2, 0.25) is 0 Å². The molecule has 0 radical (unpaired) electrons. The second kappa shape index (κ2) is 7.65. The predicted molar refractivity (Wildman–Crippen MR) is 138 cm³/mol. The van der Waals surface area contributed by atoms with Crippen molar-refractivity contribution in [3.05, 3.63) is 99.9 Å². The molecule has 5 nitrogen and oxygen atoms in total. The molecule has 1 N–H and O–H groups in total. The van der Waals surface area contributed by atoms with Gasteiger partial charge in [-0.3, -0.25) is 4.57 Å². The zero-order valence-corrected chi connectivity index (χ0v) is 20.6. The number of fused-ring (bicyclic) bond motifs is 1. The molecule has 0 spiro atoms. The Morgan fingerprint density at radius 1 is 0.938 bits per heavy atom. The zero-order chi connectivity index (χ0) is 22.5. The van der Waals surface area contributed by atoms with Crippen LogP contribution in [0.1, 0.15) is 19.4 Å². The Balaban J connectivity index is 1.70. The lowest BCUT2D eigenvalue weighted by molar-refractivity contribution is 0.579. The largest absolute Gasteiger partial charge is 0.346 e. The number of nitrogens with zero attached hydrogens (tertiary/aromatic N) is 3. The molecule has 0 aliphatic carbocycles. The molecule has 5 rings (SSSR count). The summed E-state index contributed by atoms with van der Waals surface area (Å²) in [5, 5.41) is 8.72. The molecule has 2 aliphatic rings. The molecular formula is C25H24BrN4OP. The van der Waals surface area contributed by atoms with E-state index < -0.39 is 7.44 Å². The van der Waals surface area contributed by atoms with Gasteiger partial charge in [-0.1, -0.05) is 66.2 Å². The van der Waals surface area contributed by atoms with Gasteiger partial charge in [0.05, 0.1) is 17.2 Å². The van der Waals surface area contributed by atoms with Crippen LogP contribution in [0.25, 0.3) is 0 Å². The van der Waals surface area contributed by atoms with E-state index in [4.69, 9.17) is 0 Å². The van der Waals surface area contributed by atoms with E-state index in [0.29, 0.717) is 5.31 Å². The Kier molecular flexibility index (Phi) is 5.03. The van der Waals surface area contributed by atoms with Gasteiger partial charge in [-0.15, -0.1) is 0 Å². The average molecular weight is 507 g/mol. The molecule has 7 heteroatoms. The van der Waals surface area contributed by atoms with Gasteiger partial charge in [0.25, 0.3) is 0 Å². The first kappa shape index (κ1) is 21.0. The van der Waals surface area contributed by atoms with Crippen LogP contribution >= 0.6 is 23.4 Å². The highest BCUT2D eigenvalue weighted by Gasteiger charge is 2.48. The molecule has 32 heavy (non-hydrogen) atoms. The summed E-state index contributed by atoms with van der Waals surface area (Å²) in [5.74, 6) is 0. The van der Waals surface area contributed by atoms with Crippen LogP contribution < -0.4 is 14.8 Å². The molecule has 0 saturated heterocycles. The van der Waals surface area contributed by atoms with Crippen molar-refractivity contribution in [1.82, 2.24) is 0 Å². The fourth-order valence-electron chi connectivity index (χ4n) is 4.62. The second-order valence-electron chi connectivity index (χ2n) is 8.50. The van der Waals surface area contributed by atoms with Crippen LogP contribution in [0.4, 0.5) is 17.1 Å². The molecule has 1 atom stereocenters. The maximum Gasteiger partial charge on any atom is 0.313 e. The van der Waals surface area contributed by atoms with Gasteiger partial charge in [0, 0.05) is 34.0 Å². The first-order valence-corrected chi connectivity index (χ1v) is 12.9. The molecule has 0 fully saturated rings. The highest BCUT2D eigenvalue weighted by molar-refractivity contribution is 9.10. The molecule has 162 valence electrons. The topological polar surface area (TPSA) is 47.9 Å². The number of rotatable bonds is 3. The quantitative estimate of drug-likeness (QED) is 0.381. The van der Waals surface area contributed by atoms with Gasteiger partial charge in [-0.25, -0.2) is 0 Å². The van der Waals surface area contributed by atoms with Crippen molar-refractivity contribution >= 4 is 46.7 Å². The van der Waals surface area contributed by atoms with Gasteiger partial charge in [0.2, 0.25) is 0 Å². The number of hydrogen-bond acceptors (Lipinski definition) is 3. The summed E-state index contributed by atoms with van der Waals surface area (Å²) in [5.41, 5.74) is 4.57. The molecule has 0 bridgehead atoms. The summed E-state index contributed by atoms with van der Waals surface area (Å²) >= 11 is 3.48. The van der Waals surface area contributed by atoms with Crippen molar-refractivity contribution in [3.8, 4) is 0 Å². The third kappa shape index (κ3) is 3.21. The summed E-state index contributed by atoms with van der Waals surface area (Å²) in [6, 6.07) is 25.7. The lowest BCUT2D eigenvalue weighted by atomic mass is 9.84. The summed E-state index contributed by atoms with van der Waals surface area (Å²) < 4.78 is 17.5. The monoisotopic (exact) mass is 506 g/mol. The fraction of sp³-hybridized carbons (Fsp3) is 0.160. The minimum atomic E-state index is -3.36. The molecular weight excluding hydrogens is 483 g/mol. The smallest absolute Gasteiger partial charge is 0.313 e. The number of para-hydroxylation sites is 2. The Bertz CT molecular complexity index is 1280. The average Bonchev–Trinajstić information content (AvgIpc) is 3.21. The van der Waals surface area contributed by atoms with Crippen molar-refractivity contribution in [2.24, 2.45) is 5.10 Å². The molecule has 2 heterocycles. The van der Waals surface area contributed by atoms with Gasteiger partial charge < -0.3 is 9.99 Å². The maximum atomic E-state index is 14.9. The van der Waals surface area contributed by atoms with Crippen molar-refractivity contribution < 1.29 is 4.57 Å². The van der Waals surface area contributed by atoms with E-state index in [0.717, 1.165) is 27.2 Å². The standard InChI is InChI=1S/C25H24BrN4OP/c1-25(2)21-11-7-8-12-22(21)29(3)24(25)23-17-27-30(20-9-5-4-6-10-20)32(23,31)28-19-15-13-18(26)14-16-19/h4-17H,1-3H3,(H,28,31)/b24-23+. The SMILES string of the molecule is CN1/C(=C2\C=NN(c3ccccc3)P2(=O)Nc2ccc(Br)cc2)C(C)(C)c2ccccc21. The maximum absolute atomic E-state index is 14.9. The van der Waals surface area contributed by atoms with E-state index in [-0.39, 0.29) is 5.41 Å². The van der Waals surface area contributed by atoms with Crippen LogP contribution in [-0.4, -0.2) is 13.3 Å². The van der Waals surface area contributed by atoms with Crippen molar-refractivity contribution in [2.75, 3.05) is 21.8 Å². The first-order chi connectivity index (χ1) is 15.3. The second-order valence-corrected chi connectivity index (χ2v) is 11.7. The lowest BCUT2D eigenvalue weighted by Gasteiger charge is -2.31. The van der Waals surface area contributed by atoms with Crippen LogP contribution in [0.5, 0.6) is 0 Å². The number of nitrogens with one attached hydrogen (secondary N) is 1. The number of likely N-dealkylation sites (N-methyl/N-ethyl adjacent to an activating group) is 1. The molecule has 0 aromatic heterocycles. The molecule has 0 amide bonds. The normalized spacial score (nSPS) is 23.5. The Morgan fingerprint density at radius 3 is 2.28 bits per heavy atom. The number of hydrazone groups is 1. The predicted octanol–water partition coefficient (Wildman–Crippen LogP) is 7.20. The van der Waals surface area contributed by atoms with E-state index in [1.54, 1.807) is 11.0 Å². The van der Waals surface area contributed by atoms with Gasteiger partial charge in [-0.2, -0.15) is 9.88 Å². The number of allylic oxidation sites excluding steroid dienone is 2. The van der Waals surface area contributed by atoms with E-state index in [2.05, 4.69) is 63.1 Å². The highest BCUT2D eigenvalue weighted by Crippen LogP contribution is 2.64. The van der Waals surface area contributed by atoms with E-state index in [9.17, 15) is 4.57 Å². The molecule has 3 aromatic rings. The van der Waals surface area contributed by atoms with E-state index in [1.165, 1.54) is 5.56 Å². The Morgan fingerprint density at radius 2 is 1.59 bits per heavy atom.